The van der Waals surface area contributed by atoms with Crippen LogP contribution in [-0.2, 0) is 17.8 Å². The predicted molar refractivity (Wildman–Crippen MR) is 126 cm³/mol. The van der Waals surface area contributed by atoms with Crippen molar-refractivity contribution in [2.24, 2.45) is 0 Å². The summed E-state index contributed by atoms with van der Waals surface area (Å²) in [5.41, 5.74) is 5.28. The fraction of sp³-hybridized carbons (Fsp3) is 0.231. The minimum atomic E-state index is 0.0345. The number of halogens is 1. The van der Waals surface area contributed by atoms with Gasteiger partial charge in [0.25, 0.3) is 0 Å². The lowest BCUT2D eigenvalue weighted by Crippen LogP contribution is -2.25. The van der Waals surface area contributed by atoms with Gasteiger partial charge in [-0.3, -0.25) is 4.79 Å². The number of nitrogens with zero attached hydrogens (tertiary/aromatic N) is 3. The molecule has 1 amide bonds. The zero-order valence-electron chi connectivity index (χ0n) is 17.5. The number of amides is 1. The third kappa shape index (κ3) is 3.61. The third-order valence-corrected chi connectivity index (χ3v) is 6.49. The number of carbonyl (C=O) groups excluding carboxylic acids is 1. The highest BCUT2D eigenvalue weighted by Crippen LogP contribution is 2.35. The second kappa shape index (κ2) is 8.20. The molecule has 31 heavy (non-hydrogen) atoms. The Morgan fingerprint density at radius 3 is 2.48 bits per heavy atom. The van der Waals surface area contributed by atoms with E-state index >= 15 is 0 Å². The van der Waals surface area contributed by atoms with Crippen molar-refractivity contribution in [3.05, 3.63) is 94.8 Å². The molecule has 4 aromatic rings. The van der Waals surface area contributed by atoms with Crippen molar-refractivity contribution in [1.29, 1.82) is 0 Å². The van der Waals surface area contributed by atoms with Gasteiger partial charge in [0.15, 0.2) is 0 Å². The summed E-state index contributed by atoms with van der Waals surface area (Å²) in [4.78, 5) is 19.9. The molecular weight excluding hydrogens is 406 g/mol. The van der Waals surface area contributed by atoms with Crippen molar-refractivity contribution in [1.82, 2.24) is 9.55 Å². The number of rotatable bonds is 5. The molecule has 4 nitrogen and oxygen atoms in total. The van der Waals surface area contributed by atoms with Gasteiger partial charge in [0.2, 0.25) is 5.91 Å². The molecule has 1 aliphatic rings. The quantitative estimate of drug-likeness (QED) is 0.401. The van der Waals surface area contributed by atoms with Crippen molar-refractivity contribution < 1.29 is 4.79 Å². The van der Waals surface area contributed by atoms with Crippen molar-refractivity contribution in [2.75, 3.05) is 11.4 Å². The van der Waals surface area contributed by atoms with Gasteiger partial charge in [-0.15, -0.1) is 0 Å². The van der Waals surface area contributed by atoms with E-state index in [-0.39, 0.29) is 11.8 Å². The van der Waals surface area contributed by atoms with Crippen LogP contribution in [0.5, 0.6) is 0 Å². The highest BCUT2D eigenvalue weighted by Gasteiger charge is 2.35. The molecule has 0 aliphatic carbocycles. The van der Waals surface area contributed by atoms with Gasteiger partial charge < -0.3 is 9.47 Å². The zero-order chi connectivity index (χ0) is 21.4. The molecule has 5 heteroatoms. The summed E-state index contributed by atoms with van der Waals surface area (Å²) in [7, 11) is 0. The summed E-state index contributed by atoms with van der Waals surface area (Å²) in [6.07, 6.45) is 1.36. The second-order valence-electron chi connectivity index (χ2n) is 8.02. The van der Waals surface area contributed by atoms with Crippen molar-refractivity contribution >= 4 is 34.2 Å². The van der Waals surface area contributed by atoms with Gasteiger partial charge in [0.05, 0.1) is 17.6 Å². The normalized spacial score (nSPS) is 16.4. The van der Waals surface area contributed by atoms with Crippen molar-refractivity contribution in [2.45, 2.75) is 32.2 Å². The third-order valence-electron chi connectivity index (χ3n) is 6.12. The first-order valence-corrected chi connectivity index (χ1v) is 11.1. The smallest absolute Gasteiger partial charge is 0.227 e. The van der Waals surface area contributed by atoms with Gasteiger partial charge in [-0.05, 0) is 41.8 Å². The lowest BCUT2D eigenvalue weighted by Gasteiger charge is -2.20. The van der Waals surface area contributed by atoms with E-state index < -0.39 is 0 Å². The Kier molecular flexibility index (Phi) is 5.24. The molecular formula is C26H24ClN3O. The van der Waals surface area contributed by atoms with Crippen LogP contribution in [0.15, 0.2) is 72.8 Å². The molecule has 1 aromatic heterocycles. The van der Waals surface area contributed by atoms with Crippen LogP contribution in [0.4, 0.5) is 5.69 Å². The Bertz CT molecular complexity index is 1260. The monoisotopic (exact) mass is 429 g/mol. The number of hydrogen-bond acceptors (Lipinski definition) is 2. The number of benzene rings is 3. The molecule has 1 saturated heterocycles. The van der Waals surface area contributed by atoms with Crippen LogP contribution in [0.1, 0.15) is 36.2 Å². The van der Waals surface area contributed by atoms with Crippen LogP contribution >= 0.6 is 11.6 Å². The number of carbonyl (C=O) groups is 1. The molecule has 0 unspecified atom stereocenters. The fourth-order valence-electron chi connectivity index (χ4n) is 4.56. The number of imidazole rings is 1. The molecule has 1 fully saturated rings. The number of fused-ring (bicyclic) bond motifs is 1. The topological polar surface area (TPSA) is 38.1 Å². The van der Waals surface area contributed by atoms with E-state index in [1.165, 1.54) is 5.56 Å². The molecule has 1 aliphatic heterocycles. The van der Waals surface area contributed by atoms with Crippen LogP contribution < -0.4 is 4.90 Å². The minimum absolute atomic E-state index is 0.0345. The molecule has 0 bridgehead atoms. The van der Waals surface area contributed by atoms with E-state index in [4.69, 9.17) is 16.6 Å². The van der Waals surface area contributed by atoms with Crippen LogP contribution in [-0.4, -0.2) is 22.0 Å². The van der Waals surface area contributed by atoms with Gasteiger partial charge in [-0.1, -0.05) is 67.1 Å². The minimum Gasteiger partial charge on any atom is -0.323 e. The maximum Gasteiger partial charge on any atom is 0.227 e. The van der Waals surface area contributed by atoms with E-state index in [2.05, 4.69) is 23.6 Å². The molecule has 0 N–H and O–H groups in total. The standard InChI is InChI=1S/C26H24ClN3O/c1-2-18-9-4-7-13-23(18)29-17-20(15-25(29)31)26-28-22-12-6-8-14-24(22)30(26)16-19-10-3-5-11-21(19)27/h3-14,20H,2,15-17H2,1H3/t20-/m0/s1. The van der Waals surface area contributed by atoms with E-state index in [9.17, 15) is 4.79 Å². The summed E-state index contributed by atoms with van der Waals surface area (Å²) in [5.74, 6) is 1.14. The van der Waals surface area contributed by atoms with Gasteiger partial charge in [-0.25, -0.2) is 4.98 Å². The Labute approximate surface area is 187 Å². The lowest BCUT2D eigenvalue weighted by atomic mass is 10.1. The molecule has 5 rings (SSSR count). The molecule has 156 valence electrons. The Morgan fingerprint density at radius 2 is 1.68 bits per heavy atom. The summed E-state index contributed by atoms with van der Waals surface area (Å²) >= 11 is 6.47. The van der Waals surface area contributed by atoms with Crippen LogP contribution in [0.2, 0.25) is 5.02 Å². The Balaban J connectivity index is 1.55. The number of para-hydroxylation sites is 3. The average Bonchev–Trinajstić information content (AvgIpc) is 3.36. The largest absolute Gasteiger partial charge is 0.323 e. The molecule has 3 aromatic carbocycles. The molecule has 0 radical (unpaired) electrons. The maximum atomic E-state index is 13.0. The summed E-state index contributed by atoms with van der Waals surface area (Å²) in [6, 6.07) is 24.2. The SMILES string of the molecule is CCc1ccccc1N1C[C@@H](c2nc3ccccc3n2Cc2ccccc2Cl)CC1=O. The van der Waals surface area contributed by atoms with Gasteiger partial charge in [0, 0.05) is 29.6 Å². The van der Waals surface area contributed by atoms with Crippen LogP contribution in [0.3, 0.4) is 0 Å². The maximum absolute atomic E-state index is 13.0. The highest BCUT2D eigenvalue weighted by molar-refractivity contribution is 6.31. The summed E-state index contributed by atoms with van der Waals surface area (Å²) in [6.45, 7) is 3.40. The predicted octanol–water partition coefficient (Wildman–Crippen LogP) is 5.82. The van der Waals surface area contributed by atoms with E-state index in [1.54, 1.807) is 0 Å². The number of anilines is 1. The Morgan fingerprint density at radius 1 is 0.968 bits per heavy atom. The Hall–Kier alpha value is -3.11. The number of aromatic nitrogens is 2. The van der Waals surface area contributed by atoms with Crippen LogP contribution in [0.25, 0.3) is 11.0 Å². The number of aryl methyl sites for hydroxylation is 1. The summed E-state index contributed by atoms with van der Waals surface area (Å²) in [5, 5.41) is 0.743. The first kappa shape index (κ1) is 19.8. The lowest BCUT2D eigenvalue weighted by molar-refractivity contribution is -0.117. The van der Waals surface area contributed by atoms with Crippen molar-refractivity contribution in [3.8, 4) is 0 Å². The van der Waals surface area contributed by atoms with Gasteiger partial charge in [-0.2, -0.15) is 0 Å². The fourth-order valence-corrected chi connectivity index (χ4v) is 4.75. The molecule has 1 atom stereocenters. The van der Waals surface area contributed by atoms with E-state index in [0.29, 0.717) is 19.5 Å². The average molecular weight is 430 g/mol. The molecule has 0 saturated carbocycles. The van der Waals surface area contributed by atoms with Gasteiger partial charge >= 0.3 is 0 Å². The summed E-state index contributed by atoms with van der Waals surface area (Å²) < 4.78 is 2.23. The molecule has 0 spiro atoms. The first-order chi connectivity index (χ1) is 15.2. The zero-order valence-corrected chi connectivity index (χ0v) is 18.2. The van der Waals surface area contributed by atoms with E-state index in [1.807, 2.05) is 65.6 Å². The first-order valence-electron chi connectivity index (χ1n) is 10.7. The number of hydrogen-bond donors (Lipinski definition) is 0. The van der Waals surface area contributed by atoms with Gasteiger partial charge in [0.1, 0.15) is 5.82 Å². The van der Waals surface area contributed by atoms with Crippen LogP contribution in [0, 0.1) is 0 Å². The van der Waals surface area contributed by atoms with E-state index in [0.717, 1.165) is 39.6 Å². The second-order valence-corrected chi connectivity index (χ2v) is 8.43. The molecule has 2 heterocycles. The highest BCUT2D eigenvalue weighted by atomic mass is 35.5. The van der Waals surface area contributed by atoms with Crippen molar-refractivity contribution in [3.63, 3.8) is 0 Å².